The van der Waals surface area contributed by atoms with Crippen LogP contribution in [-0.2, 0) is 14.3 Å². The highest BCUT2D eigenvalue weighted by molar-refractivity contribution is 7.11. The zero-order valence-electron chi connectivity index (χ0n) is 25.5. The van der Waals surface area contributed by atoms with E-state index in [0.717, 1.165) is 0 Å². The van der Waals surface area contributed by atoms with Gasteiger partial charge >= 0.3 is 11.9 Å². The van der Waals surface area contributed by atoms with Crippen LogP contribution in [0.4, 0.5) is 14.5 Å². The number of aryl methyl sites for hydroxylation is 1. The number of thiazole rings is 1. The Hall–Kier alpha value is -4.49. The number of aromatic nitrogens is 1. The number of ether oxygens (including phenoxy) is 1. The van der Waals surface area contributed by atoms with Gasteiger partial charge in [-0.25, -0.2) is 23.4 Å². The summed E-state index contributed by atoms with van der Waals surface area (Å²) < 4.78 is 36.7. The first kappa shape index (κ1) is 31.5. The number of piperidine rings is 1. The predicted molar refractivity (Wildman–Crippen MR) is 168 cm³/mol. The molecule has 3 aromatic rings. The van der Waals surface area contributed by atoms with Crippen molar-refractivity contribution in [1.29, 1.82) is 0 Å². The summed E-state index contributed by atoms with van der Waals surface area (Å²) in [7, 11) is 0. The van der Waals surface area contributed by atoms with Gasteiger partial charge in [-0.2, -0.15) is 0 Å². The lowest BCUT2D eigenvalue weighted by molar-refractivity contribution is -0.139. The molecule has 4 heterocycles. The third-order valence-corrected chi connectivity index (χ3v) is 9.68. The summed E-state index contributed by atoms with van der Waals surface area (Å²) in [6.07, 6.45) is 1.59. The molecule has 0 radical (unpaired) electrons. The van der Waals surface area contributed by atoms with Crippen molar-refractivity contribution in [2.24, 2.45) is 10.9 Å². The van der Waals surface area contributed by atoms with Gasteiger partial charge in [0.15, 0.2) is 16.5 Å². The third-order valence-electron chi connectivity index (χ3n) is 8.90. The molecular formula is C33H33F2N5O5S. The SMILES string of the molecule is CCOC(=O)C1=C(CN2CC[C@]3(F)C(=O)N(c4ccc(C(=O)O)cc4C)C[C@@H]3C2)NC(c2nccs2)=N[C@H]1c1cccc(F)c1C. The molecule has 0 bridgehead atoms. The van der Waals surface area contributed by atoms with Gasteiger partial charge in [0, 0.05) is 61.5 Å². The van der Waals surface area contributed by atoms with Crippen molar-refractivity contribution < 1.29 is 33.0 Å². The number of nitrogens with one attached hydrogen (secondary N) is 1. The molecule has 2 fully saturated rings. The van der Waals surface area contributed by atoms with Gasteiger partial charge in [-0.05, 0) is 61.7 Å². The Labute approximate surface area is 268 Å². The Morgan fingerprint density at radius 1 is 1.22 bits per heavy atom. The van der Waals surface area contributed by atoms with Gasteiger partial charge < -0.3 is 20.1 Å². The van der Waals surface area contributed by atoms with Crippen LogP contribution in [0.5, 0.6) is 0 Å². The van der Waals surface area contributed by atoms with Gasteiger partial charge in [0.2, 0.25) is 0 Å². The normalized spacial score (nSPS) is 23.2. The second-order valence-electron chi connectivity index (χ2n) is 11.7. The molecule has 2 saturated heterocycles. The molecule has 3 atom stereocenters. The molecule has 6 rings (SSSR count). The first-order chi connectivity index (χ1) is 22.0. The summed E-state index contributed by atoms with van der Waals surface area (Å²) in [6.45, 7) is 5.92. The molecule has 46 heavy (non-hydrogen) atoms. The lowest BCUT2D eigenvalue weighted by Crippen LogP contribution is -2.52. The molecule has 3 aliphatic heterocycles. The van der Waals surface area contributed by atoms with E-state index in [1.165, 1.54) is 34.4 Å². The quantitative estimate of drug-likeness (QED) is 0.340. The van der Waals surface area contributed by atoms with Crippen LogP contribution in [0.3, 0.4) is 0 Å². The van der Waals surface area contributed by atoms with Crippen molar-refractivity contribution in [1.82, 2.24) is 15.2 Å². The van der Waals surface area contributed by atoms with Gasteiger partial charge in [0.05, 0.1) is 17.7 Å². The Morgan fingerprint density at radius 2 is 2.02 bits per heavy atom. The van der Waals surface area contributed by atoms with E-state index in [2.05, 4.69) is 10.3 Å². The van der Waals surface area contributed by atoms with Crippen LogP contribution in [-0.4, -0.2) is 77.1 Å². The van der Waals surface area contributed by atoms with E-state index in [-0.39, 0.29) is 50.3 Å². The number of carboxylic acid groups (broad SMARTS) is 1. The molecule has 13 heteroatoms. The highest BCUT2D eigenvalue weighted by Gasteiger charge is 2.57. The second-order valence-corrected chi connectivity index (χ2v) is 12.6. The van der Waals surface area contributed by atoms with E-state index in [1.807, 2.05) is 4.90 Å². The fourth-order valence-electron chi connectivity index (χ4n) is 6.51. The maximum absolute atomic E-state index is 16.4. The number of anilines is 1. The van der Waals surface area contributed by atoms with E-state index in [0.29, 0.717) is 38.9 Å². The molecule has 240 valence electrons. The summed E-state index contributed by atoms with van der Waals surface area (Å²) in [4.78, 5) is 51.0. The van der Waals surface area contributed by atoms with E-state index in [9.17, 15) is 23.9 Å². The fraction of sp³-hybridized carbons (Fsp3) is 0.364. The van der Waals surface area contributed by atoms with Crippen LogP contribution >= 0.6 is 11.3 Å². The molecule has 0 saturated carbocycles. The minimum absolute atomic E-state index is 0.0544. The molecule has 10 nitrogen and oxygen atoms in total. The smallest absolute Gasteiger partial charge is 0.338 e. The summed E-state index contributed by atoms with van der Waals surface area (Å²) in [5.41, 5.74) is 0.632. The number of aromatic carboxylic acids is 1. The number of likely N-dealkylation sites (tertiary alicyclic amines) is 1. The van der Waals surface area contributed by atoms with Crippen LogP contribution < -0.4 is 10.2 Å². The van der Waals surface area contributed by atoms with Crippen molar-refractivity contribution in [3.05, 3.63) is 92.3 Å². The van der Waals surface area contributed by atoms with Gasteiger partial charge in [-0.15, -0.1) is 11.3 Å². The van der Waals surface area contributed by atoms with Gasteiger partial charge in [-0.3, -0.25) is 14.7 Å². The molecule has 2 N–H and O–H groups in total. The fourth-order valence-corrected chi connectivity index (χ4v) is 7.10. The number of alkyl halides is 1. The van der Waals surface area contributed by atoms with Crippen LogP contribution in [0.2, 0.25) is 0 Å². The Bertz CT molecular complexity index is 1780. The maximum Gasteiger partial charge on any atom is 0.338 e. The monoisotopic (exact) mass is 649 g/mol. The highest BCUT2D eigenvalue weighted by Crippen LogP contribution is 2.43. The lowest BCUT2D eigenvalue weighted by atomic mass is 9.84. The number of carbonyl (C=O) groups excluding carboxylic acids is 2. The average molecular weight is 650 g/mol. The number of rotatable bonds is 8. The number of amides is 1. The summed E-state index contributed by atoms with van der Waals surface area (Å²) >= 11 is 1.36. The number of hydrogen-bond donors (Lipinski definition) is 2. The summed E-state index contributed by atoms with van der Waals surface area (Å²) in [6, 6.07) is 8.21. The van der Waals surface area contributed by atoms with Crippen molar-refractivity contribution in [3.8, 4) is 0 Å². The minimum Gasteiger partial charge on any atom is -0.478 e. The Kier molecular flexibility index (Phi) is 8.47. The van der Waals surface area contributed by atoms with Crippen LogP contribution in [0.1, 0.15) is 51.4 Å². The Morgan fingerprint density at radius 3 is 2.72 bits per heavy atom. The number of esters is 1. The first-order valence-electron chi connectivity index (χ1n) is 15.0. The molecule has 0 aliphatic carbocycles. The predicted octanol–water partition coefficient (Wildman–Crippen LogP) is 4.58. The standard InChI is InChI=1S/C33H33F2N5O5S/c1-4-45-31(43)26-24(37-28(29-36-11-13-46-29)38-27(26)22-6-5-7-23(34)19(22)3)17-39-12-10-33(35)21(15-39)16-40(32(33)44)25-9-8-20(30(41)42)14-18(25)2/h5-9,11,13-14,21,27H,4,10,12,15-17H2,1-3H3,(H,37,38)(H,41,42)/t21-,27-,33+/m0/s1. The molecule has 0 spiro atoms. The van der Waals surface area contributed by atoms with Gasteiger partial charge in [0.25, 0.3) is 5.91 Å². The van der Waals surface area contributed by atoms with Crippen molar-refractivity contribution in [2.45, 2.75) is 38.9 Å². The van der Waals surface area contributed by atoms with Crippen molar-refractivity contribution in [3.63, 3.8) is 0 Å². The number of carboxylic acids is 1. The van der Waals surface area contributed by atoms with Crippen LogP contribution in [0.25, 0.3) is 0 Å². The number of fused-ring (bicyclic) bond motifs is 1. The number of carbonyl (C=O) groups is 3. The number of hydrogen-bond acceptors (Lipinski definition) is 9. The molecule has 0 unspecified atom stereocenters. The van der Waals surface area contributed by atoms with Gasteiger partial charge in [0.1, 0.15) is 11.9 Å². The zero-order valence-corrected chi connectivity index (χ0v) is 26.4. The summed E-state index contributed by atoms with van der Waals surface area (Å²) in [5, 5.41) is 15.0. The van der Waals surface area contributed by atoms with Crippen LogP contribution in [0.15, 0.2) is 64.2 Å². The first-order valence-corrected chi connectivity index (χ1v) is 15.9. The number of benzene rings is 2. The topological polar surface area (TPSA) is 124 Å². The van der Waals surface area contributed by atoms with E-state index < -0.39 is 41.3 Å². The molecular weight excluding hydrogens is 616 g/mol. The van der Waals surface area contributed by atoms with E-state index in [1.54, 1.807) is 50.5 Å². The summed E-state index contributed by atoms with van der Waals surface area (Å²) in [5.74, 6) is -2.99. The number of aliphatic imine (C=N–C) groups is 1. The molecule has 3 aliphatic rings. The second kappa shape index (κ2) is 12.4. The highest BCUT2D eigenvalue weighted by atomic mass is 32.1. The van der Waals surface area contributed by atoms with Gasteiger partial charge in [-0.1, -0.05) is 12.1 Å². The molecule has 2 aromatic carbocycles. The van der Waals surface area contributed by atoms with E-state index in [4.69, 9.17) is 9.73 Å². The van der Waals surface area contributed by atoms with Crippen molar-refractivity contribution >= 4 is 40.7 Å². The largest absolute Gasteiger partial charge is 0.478 e. The number of halogens is 2. The minimum atomic E-state index is -2.08. The maximum atomic E-state index is 16.4. The lowest BCUT2D eigenvalue weighted by Gasteiger charge is -2.38. The third kappa shape index (κ3) is 5.58. The number of amidine groups is 1. The molecule has 1 amide bonds. The molecule has 1 aromatic heterocycles. The average Bonchev–Trinajstić information content (AvgIpc) is 3.65. The van der Waals surface area contributed by atoms with Crippen LogP contribution in [0, 0.1) is 25.6 Å². The Balaban J connectivity index is 1.33. The number of nitrogens with zero attached hydrogens (tertiary/aromatic N) is 4. The zero-order chi connectivity index (χ0) is 32.7. The van der Waals surface area contributed by atoms with Crippen molar-refractivity contribution in [2.75, 3.05) is 37.7 Å². The van der Waals surface area contributed by atoms with E-state index >= 15 is 4.39 Å².